The molecule has 0 N–H and O–H groups in total. The third-order valence-electron chi connectivity index (χ3n) is 5.01. The van der Waals surface area contributed by atoms with Gasteiger partial charge in [-0.2, -0.15) is 0 Å². The van der Waals surface area contributed by atoms with Crippen molar-refractivity contribution in [1.29, 1.82) is 0 Å². The van der Waals surface area contributed by atoms with E-state index in [0.29, 0.717) is 19.1 Å². The SMILES string of the molecule is COCCn1nnnc1[C@@H](CC(C)C)N1CCN(c2ccc(F)cc2)CC1. The van der Waals surface area contributed by atoms with Crippen molar-refractivity contribution in [3.8, 4) is 0 Å². The lowest BCUT2D eigenvalue weighted by molar-refractivity contribution is 0.145. The van der Waals surface area contributed by atoms with Gasteiger partial charge in [0.1, 0.15) is 5.82 Å². The minimum absolute atomic E-state index is 0.187. The Hall–Kier alpha value is -2.06. The lowest BCUT2D eigenvalue weighted by Crippen LogP contribution is -2.48. The van der Waals surface area contributed by atoms with E-state index >= 15 is 0 Å². The van der Waals surface area contributed by atoms with Gasteiger partial charge >= 0.3 is 0 Å². The number of ether oxygens (including phenoxy) is 1. The van der Waals surface area contributed by atoms with E-state index in [1.807, 2.05) is 16.8 Å². The van der Waals surface area contributed by atoms with Gasteiger partial charge in [0, 0.05) is 39.0 Å². The van der Waals surface area contributed by atoms with Crippen molar-refractivity contribution in [2.75, 3.05) is 44.8 Å². The Morgan fingerprint density at radius 2 is 1.81 bits per heavy atom. The van der Waals surface area contributed by atoms with Gasteiger partial charge in [-0.1, -0.05) is 13.8 Å². The molecule has 0 unspecified atom stereocenters. The van der Waals surface area contributed by atoms with Crippen molar-refractivity contribution in [3.63, 3.8) is 0 Å². The molecule has 1 aromatic heterocycles. The quantitative estimate of drug-likeness (QED) is 0.705. The van der Waals surface area contributed by atoms with E-state index in [1.165, 1.54) is 12.1 Å². The van der Waals surface area contributed by atoms with Crippen LogP contribution in [0.1, 0.15) is 32.1 Å². The maximum atomic E-state index is 13.2. The summed E-state index contributed by atoms with van der Waals surface area (Å²) in [6, 6.07) is 6.93. The molecule has 27 heavy (non-hydrogen) atoms. The fourth-order valence-corrected chi connectivity index (χ4v) is 3.60. The monoisotopic (exact) mass is 376 g/mol. The summed E-state index contributed by atoms with van der Waals surface area (Å²) in [5.41, 5.74) is 1.07. The van der Waals surface area contributed by atoms with Gasteiger partial charge < -0.3 is 9.64 Å². The first-order valence-electron chi connectivity index (χ1n) is 9.58. The Balaban J connectivity index is 1.70. The number of benzene rings is 1. The average molecular weight is 376 g/mol. The number of tetrazole rings is 1. The molecular weight excluding hydrogens is 347 g/mol. The van der Waals surface area contributed by atoms with E-state index in [2.05, 4.69) is 39.2 Å². The summed E-state index contributed by atoms with van der Waals surface area (Å²) < 4.78 is 20.2. The van der Waals surface area contributed by atoms with E-state index in [-0.39, 0.29) is 11.9 Å². The number of rotatable bonds is 8. The minimum atomic E-state index is -0.197. The molecule has 0 saturated carbocycles. The van der Waals surface area contributed by atoms with Crippen molar-refractivity contribution in [2.45, 2.75) is 32.9 Å². The molecular formula is C19H29FN6O. The molecule has 8 heteroatoms. The van der Waals surface area contributed by atoms with Gasteiger partial charge in [-0.05, 0) is 47.0 Å². The van der Waals surface area contributed by atoms with E-state index in [0.717, 1.165) is 44.1 Å². The Kier molecular flexibility index (Phi) is 6.73. The molecule has 0 bridgehead atoms. The largest absolute Gasteiger partial charge is 0.383 e. The van der Waals surface area contributed by atoms with E-state index in [1.54, 1.807) is 7.11 Å². The molecule has 1 saturated heterocycles. The van der Waals surface area contributed by atoms with E-state index in [9.17, 15) is 4.39 Å². The predicted octanol–water partition coefficient (Wildman–Crippen LogP) is 2.37. The number of anilines is 1. The number of piperazine rings is 1. The minimum Gasteiger partial charge on any atom is -0.383 e. The van der Waals surface area contributed by atoms with Crippen LogP contribution in [0.2, 0.25) is 0 Å². The average Bonchev–Trinajstić information content (AvgIpc) is 3.13. The second kappa shape index (κ2) is 9.23. The van der Waals surface area contributed by atoms with Gasteiger partial charge in [-0.15, -0.1) is 5.10 Å². The van der Waals surface area contributed by atoms with Crippen LogP contribution in [0.3, 0.4) is 0 Å². The van der Waals surface area contributed by atoms with Gasteiger partial charge in [0.2, 0.25) is 0 Å². The first kappa shape index (κ1) is 19.7. The number of halogens is 1. The summed E-state index contributed by atoms with van der Waals surface area (Å²) in [6.45, 7) is 9.35. The molecule has 0 spiro atoms. The summed E-state index contributed by atoms with van der Waals surface area (Å²) >= 11 is 0. The Bertz CT molecular complexity index is 696. The van der Waals surface area contributed by atoms with Crippen LogP contribution in [-0.4, -0.2) is 65.0 Å². The van der Waals surface area contributed by atoms with Crippen LogP contribution in [0, 0.1) is 11.7 Å². The molecule has 0 radical (unpaired) electrons. The zero-order valence-corrected chi connectivity index (χ0v) is 16.4. The van der Waals surface area contributed by atoms with Crippen molar-refractivity contribution in [3.05, 3.63) is 35.9 Å². The zero-order valence-electron chi connectivity index (χ0n) is 16.4. The first-order chi connectivity index (χ1) is 13.1. The second-order valence-electron chi connectivity index (χ2n) is 7.40. The molecule has 0 aliphatic carbocycles. The molecule has 2 heterocycles. The van der Waals surface area contributed by atoms with Gasteiger partial charge in [-0.25, -0.2) is 9.07 Å². The third kappa shape index (κ3) is 5.01. The zero-order chi connectivity index (χ0) is 19.2. The van der Waals surface area contributed by atoms with Crippen LogP contribution >= 0.6 is 0 Å². The number of methoxy groups -OCH3 is 1. The Morgan fingerprint density at radius 3 is 2.44 bits per heavy atom. The highest BCUT2D eigenvalue weighted by Gasteiger charge is 2.29. The summed E-state index contributed by atoms with van der Waals surface area (Å²) in [5, 5.41) is 12.4. The topological polar surface area (TPSA) is 59.3 Å². The molecule has 2 aromatic rings. The Labute approximate surface area is 160 Å². The molecule has 0 amide bonds. The van der Waals surface area contributed by atoms with Crippen LogP contribution in [0.4, 0.5) is 10.1 Å². The molecule has 1 atom stereocenters. The van der Waals surface area contributed by atoms with Gasteiger partial charge in [0.15, 0.2) is 5.82 Å². The highest BCUT2D eigenvalue weighted by atomic mass is 19.1. The molecule has 3 rings (SSSR count). The molecule has 148 valence electrons. The maximum absolute atomic E-state index is 13.2. The smallest absolute Gasteiger partial charge is 0.168 e. The summed E-state index contributed by atoms with van der Waals surface area (Å²) in [4.78, 5) is 4.77. The lowest BCUT2D eigenvalue weighted by atomic mass is 10.0. The maximum Gasteiger partial charge on any atom is 0.168 e. The van der Waals surface area contributed by atoms with Crippen molar-refractivity contribution in [1.82, 2.24) is 25.1 Å². The van der Waals surface area contributed by atoms with Crippen LogP contribution in [0.15, 0.2) is 24.3 Å². The third-order valence-corrected chi connectivity index (χ3v) is 5.01. The van der Waals surface area contributed by atoms with Crippen LogP contribution < -0.4 is 4.90 Å². The Morgan fingerprint density at radius 1 is 1.11 bits per heavy atom. The number of hydrogen-bond acceptors (Lipinski definition) is 6. The number of hydrogen-bond donors (Lipinski definition) is 0. The fourth-order valence-electron chi connectivity index (χ4n) is 3.60. The van der Waals surface area contributed by atoms with Crippen LogP contribution in [0.25, 0.3) is 0 Å². The van der Waals surface area contributed by atoms with E-state index < -0.39 is 0 Å². The summed E-state index contributed by atoms with van der Waals surface area (Å²) in [5.74, 6) is 1.26. The molecule has 1 aliphatic heterocycles. The number of nitrogens with zero attached hydrogens (tertiary/aromatic N) is 6. The summed E-state index contributed by atoms with van der Waals surface area (Å²) in [6.07, 6.45) is 1.00. The van der Waals surface area contributed by atoms with Gasteiger partial charge in [0.25, 0.3) is 0 Å². The predicted molar refractivity (Wildman–Crippen MR) is 102 cm³/mol. The summed E-state index contributed by atoms with van der Waals surface area (Å²) in [7, 11) is 1.68. The van der Waals surface area contributed by atoms with E-state index in [4.69, 9.17) is 4.74 Å². The normalized spacial score (nSPS) is 16.9. The van der Waals surface area contributed by atoms with Crippen LogP contribution in [0.5, 0.6) is 0 Å². The van der Waals surface area contributed by atoms with Gasteiger partial charge in [-0.3, -0.25) is 4.90 Å². The van der Waals surface area contributed by atoms with Crippen LogP contribution in [-0.2, 0) is 11.3 Å². The highest BCUT2D eigenvalue weighted by molar-refractivity contribution is 5.46. The second-order valence-corrected chi connectivity index (χ2v) is 7.40. The highest BCUT2D eigenvalue weighted by Crippen LogP contribution is 2.28. The van der Waals surface area contributed by atoms with Crippen molar-refractivity contribution >= 4 is 5.69 Å². The molecule has 1 fully saturated rings. The van der Waals surface area contributed by atoms with Crippen molar-refractivity contribution < 1.29 is 9.13 Å². The fraction of sp³-hybridized carbons (Fsp3) is 0.632. The molecule has 1 aromatic carbocycles. The lowest BCUT2D eigenvalue weighted by Gasteiger charge is -2.40. The van der Waals surface area contributed by atoms with Crippen molar-refractivity contribution in [2.24, 2.45) is 5.92 Å². The van der Waals surface area contributed by atoms with Gasteiger partial charge in [0.05, 0.1) is 19.2 Å². The molecule has 7 nitrogen and oxygen atoms in total. The number of aromatic nitrogens is 4. The molecule has 1 aliphatic rings. The first-order valence-corrected chi connectivity index (χ1v) is 9.58. The standard InChI is InChI=1S/C19H29FN6O/c1-15(2)14-18(19-21-22-23-26(19)12-13-27-3)25-10-8-24(9-11-25)17-6-4-16(20)5-7-17/h4-7,15,18H,8-14H2,1-3H3/t18-/m1/s1.